The number of rotatable bonds is 3. The third-order valence-corrected chi connectivity index (χ3v) is 4.56. The van der Waals surface area contributed by atoms with Crippen molar-refractivity contribution in [2.75, 3.05) is 6.54 Å². The van der Waals surface area contributed by atoms with E-state index >= 15 is 0 Å². The lowest BCUT2D eigenvalue weighted by Crippen LogP contribution is -2.35. The molecular formula is C18H15ClFN5O. The molecule has 4 heterocycles. The van der Waals surface area contributed by atoms with Crippen molar-refractivity contribution < 1.29 is 4.39 Å². The van der Waals surface area contributed by atoms with E-state index in [9.17, 15) is 9.18 Å². The first kappa shape index (κ1) is 16.8. The second-order valence-corrected chi connectivity index (χ2v) is 6.58. The number of aromatic amines is 1. The Balaban J connectivity index is 1.59. The van der Waals surface area contributed by atoms with Gasteiger partial charge in [0.25, 0.3) is 5.56 Å². The summed E-state index contributed by atoms with van der Waals surface area (Å²) in [4.78, 5) is 29.6. The summed E-state index contributed by atoms with van der Waals surface area (Å²) in [5, 5.41) is 0.388. The van der Waals surface area contributed by atoms with Crippen LogP contribution in [-0.4, -0.2) is 31.4 Å². The standard InChI is InChI=1S/C18H15ClFN5O/c19-13-6-12(16(20)22-8-13)9-25-5-3-15-14(10-25)18(26)24-17(23-15)11-2-1-4-21-7-11/h1-2,4,6-8H,3,5,9-10H2,(H,23,24,26). The van der Waals surface area contributed by atoms with Crippen LogP contribution in [0.25, 0.3) is 11.4 Å². The third-order valence-electron chi connectivity index (χ3n) is 4.35. The maximum absolute atomic E-state index is 13.9. The fraction of sp³-hybridized carbons (Fsp3) is 0.222. The molecule has 0 spiro atoms. The molecule has 0 radical (unpaired) electrons. The van der Waals surface area contributed by atoms with E-state index in [0.29, 0.717) is 48.0 Å². The lowest BCUT2D eigenvalue weighted by molar-refractivity contribution is 0.237. The molecule has 4 rings (SSSR count). The van der Waals surface area contributed by atoms with Gasteiger partial charge in [0.05, 0.1) is 16.3 Å². The fourth-order valence-electron chi connectivity index (χ4n) is 3.07. The molecule has 1 aliphatic heterocycles. The molecule has 132 valence electrons. The number of hydrogen-bond donors (Lipinski definition) is 1. The monoisotopic (exact) mass is 371 g/mol. The van der Waals surface area contributed by atoms with Crippen LogP contribution >= 0.6 is 11.6 Å². The van der Waals surface area contributed by atoms with E-state index in [1.54, 1.807) is 24.5 Å². The van der Waals surface area contributed by atoms with Crippen LogP contribution < -0.4 is 5.56 Å². The molecule has 8 heteroatoms. The Morgan fingerprint density at radius 3 is 3.04 bits per heavy atom. The summed E-state index contributed by atoms with van der Waals surface area (Å²) < 4.78 is 13.9. The first-order valence-corrected chi connectivity index (χ1v) is 8.52. The van der Waals surface area contributed by atoms with Gasteiger partial charge in [-0.1, -0.05) is 11.6 Å². The Morgan fingerprint density at radius 2 is 2.23 bits per heavy atom. The van der Waals surface area contributed by atoms with Crippen LogP contribution in [0.2, 0.25) is 5.02 Å². The minimum Gasteiger partial charge on any atom is -0.306 e. The second-order valence-electron chi connectivity index (χ2n) is 6.15. The van der Waals surface area contributed by atoms with Gasteiger partial charge in [-0.2, -0.15) is 4.39 Å². The number of aromatic nitrogens is 4. The molecule has 0 bridgehead atoms. The van der Waals surface area contributed by atoms with Gasteiger partial charge in [0.2, 0.25) is 5.95 Å². The SMILES string of the molecule is O=c1[nH]c(-c2cccnc2)nc2c1CN(Cc1cc(Cl)cnc1F)CC2. The van der Waals surface area contributed by atoms with Crippen molar-refractivity contribution in [2.45, 2.75) is 19.5 Å². The Bertz CT molecular complexity index is 1010. The van der Waals surface area contributed by atoms with Gasteiger partial charge in [0.15, 0.2) is 0 Å². The average molecular weight is 372 g/mol. The largest absolute Gasteiger partial charge is 0.306 e. The van der Waals surface area contributed by atoms with E-state index in [1.165, 1.54) is 6.20 Å². The Labute approximate surface area is 153 Å². The number of fused-ring (bicyclic) bond motifs is 1. The Hall–Kier alpha value is -2.64. The molecule has 3 aromatic heterocycles. The highest BCUT2D eigenvalue weighted by molar-refractivity contribution is 6.30. The van der Waals surface area contributed by atoms with Crippen molar-refractivity contribution >= 4 is 11.6 Å². The molecule has 0 aliphatic carbocycles. The summed E-state index contributed by atoms with van der Waals surface area (Å²) >= 11 is 5.90. The minimum absolute atomic E-state index is 0.178. The van der Waals surface area contributed by atoms with Gasteiger partial charge in [-0.05, 0) is 18.2 Å². The third kappa shape index (κ3) is 3.36. The first-order chi connectivity index (χ1) is 12.6. The van der Waals surface area contributed by atoms with Gasteiger partial charge in [0, 0.05) is 55.8 Å². The molecule has 1 aliphatic rings. The predicted octanol–water partition coefficient (Wildman–Crippen LogP) is 2.58. The molecular weight excluding hydrogens is 357 g/mol. The number of halogens is 2. The lowest BCUT2D eigenvalue weighted by Gasteiger charge is -2.27. The molecule has 3 aromatic rings. The van der Waals surface area contributed by atoms with Crippen LogP contribution in [-0.2, 0) is 19.5 Å². The quantitative estimate of drug-likeness (QED) is 0.716. The van der Waals surface area contributed by atoms with E-state index in [-0.39, 0.29) is 5.56 Å². The minimum atomic E-state index is -0.542. The molecule has 1 N–H and O–H groups in total. The fourth-order valence-corrected chi connectivity index (χ4v) is 3.25. The normalized spacial score (nSPS) is 14.2. The molecule has 0 amide bonds. The number of pyridine rings is 2. The number of nitrogens with zero attached hydrogens (tertiary/aromatic N) is 4. The van der Waals surface area contributed by atoms with Crippen molar-refractivity contribution in [3.8, 4) is 11.4 Å². The summed E-state index contributed by atoms with van der Waals surface area (Å²) in [7, 11) is 0. The number of H-pyrrole nitrogens is 1. The van der Waals surface area contributed by atoms with Gasteiger partial charge in [-0.3, -0.25) is 14.7 Å². The molecule has 6 nitrogen and oxygen atoms in total. The van der Waals surface area contributed by atoms with Crippen LogP contribution in [0, 0.1) is 5.95 Å². The van der Waals surface area contributed by atoms with E-state index in [0.717, 1.165) is 11.3 Å². The van der Waals surface area contributed by atoms with Crippen LogP contribution in [0.15, 0.2) is 41.6 Å². The average Bonchev–Trinajstić information content (AvgIpc) is 2.66. The lowest BCUT2D eigenvalue weighted by atomic mass is 10.1. The highest BCUT2D eigenvalue weighted by Gasteiger charge is 2.22. The molecule has 0 fully saturated rings. The van der Waals surface area contributed by atoms with Crippen molar-refractivity contribution in [3.05, 3.63) is 74.9 Å². The van der Waals surface area contributed by atoms with Crippen LogP contribution in [0.1, 0.15) is 16.8 Å². The summed E-state index contributed by atoms with van der Waals surface area (Å²) in [6.07, 6.45) is 5.22. The van der Waals surface area contributed by atoms with Gasteiger partial charge >= 0.3 is 0 Å². The topological polar surface area (TPSA) is 74.8 Å². The van der Waals surface area contributed by atoms with Crippen molar-refractivity contribution in [2.24, 2.45) is 0 Å². The molecule has 0 atom stereocenters. The van der Waals surface area contributed by atoms with Gasteiger partial charge in [0.1, 0.15) is 5.82 Å². The van der Waals surface area contributed by atoms with Crippen LogP contribution in [0.5, 0.6) is 0 Å². The molecule has 0 saturated heterocycles. The maximum atomic E-state index is 13.9. The highest BCUT2D eigenvalue weighted by atomic mass is 35.5. The van der Waals surface area contributed by atoms with Gasteiger partial charge in [-0.25, -0.2) is 9.97 Å². The second kappa shape index (κ2) is 6.93. The van der Waals surface area contributed by atoms with Crippen molar-refractivity contribution in [1.82, 2.24) is 24.8 Å². The summed E-state index contributed by atoms with van der Waals surface area (Å²) in [6, 6.07) is 5.21. The van der Waals surface area contributed by atoms with Crippen LogP contribution in [0.3, 0.4) is 0 Å². The molecule has 26 heavy (non-hydrogen) atoms. The predicted molar refractivity (Wildman–Crippen MR) is 95.1 cm³/mol. The molecule has 0 unspecified atom stereocenters. The summed E-state index contributed by atoms with van der Waals surface area (Å²) in [6.45, 7) is 1.40. The smallest absolute Gasteiger partial charge is 0.255 e. The molecule has 0 saturated carbocycles. The zero-order chi connectivity index (χ0) is 18.1. The number of nitrogens with one attached hydrogen (secondary N) is 1. The zero-order valence-corrected chi connectivity index (χ0v) is 14.5. The van der Waals surface area contributed by atoms with E-state index < -0.39 is 5.95 Å². The molecule has 0 aromatic carbocycles. The van der Waals surface area contributed by atoms with Crippen LogP contribution in [0.4, 0.5) is 4.39 Å². The van der Waals surface area contributed by atoms with E-state index in [2.05, 4.69) is 19.9 Å². The van der Waals surface area contributed by atoms with Crippen molar-refractivity contribution in [3.63, 3.8) is 0 Å². The van der Waals surface area contributed by atoms with E-state index in [4.69, 9.17) is 11.6 Å². The van der Waals surface area contributed by atoms with Crippen molar-refractivity contribution in [1.29, 1.82) is 0 Å². The maximum Gasteiger partial charge on any atom is 0.255 e. The summed E-state index contributed by atoms with van der Waals surface area (Å²) in [5.41, 5.74) is 2.38. The Kier molecular flexibility index (Phi) is 4.48. The zero-order valence-electron chi connectivity index (χ0n) is 13.7. The van der Waals surface area contributed by atoms with Gasteiger partial charge < -0.3 is 4.98 Å². The highest BCUT2D eigenvalue weighted by Crippen LogP contribution is 2.21. The Morgan fingerprint density at radius 1 is 1.35 bits per heavy atom. The van der Waals surface area contributed by atoms with E-state index in [1.807, 2.05) is 11.0 Å². The summed E-state index contributed by atoms with van der Waals surface area (Å²) in [5.74, 6) is -0.0282. The van der Waals surface area contributed by atoms with Gasteiger partial charge in [-0.15, -0.1) is 0 Å². The first-order valence-electron chi connectivity index (χ1n) is 8.15. The number of hydrogen-bond acceptors (Lipinski definition) is 5.